The Hall–Kier alpha value is -0.400. The molecule has 1 aromatic rings. The second-order valence-electron chi connectivity index (χ2n) is 3.18. The van der Waals surface area contributed by atoms with Crippen LogP contribution in [0.3, 0.4) is 0 Å². The molecule has 1 aliphatic rings. The SMILES string of the molecule is O=S(=O)(Nc1nc(Br)cnc1Cl)C1CC1. The Labute approximate surface area is 100 Å². The maximum Gasteiger partial charge on any atom is 0.236 e. The van der Waals surface area contributed by atoms with Crippen LogP contribution in [0.15, 0.2) is 10.8 Å². The monoisotopic (exact) mass is 311 g/mol. The maximum absolute atomic E-state index is 11.6. The Balaban J connectivity index is 2.27. The second kappa shape index (κ2) is 3.88. The molecule has 0 radical (unpaired) electrons. The lowest BCUT2D eigenvalue weighted by Gasteiger charge is -2.06. The number of nitrogens with zero attached hydrogens (tertiary/aromatic N) is 2. The lowest BCUT2D eigenvalue weighted by Crippen LogP contribution is -2.18. The Morgan fingerprint density at radius 2 is 2.20 bits per heavy atom. The van der Waals surface area contributed by atoms with Gasteiger partial charge in [0, 0.05) is 0 Å². The fourth-order valence-corrected chi connectivity index (χ4v) is 2.82. The number of sulfonamides is 1. The topological polar surface area (TPSA) is 72.0 Å². The molecule has 0 spiro atoms. The van der Waals surface area contributed by atoms with Crippen molar-refractivity contribution >= 4 is 43.4 Å². The van der Waals surface area contributed by atoms with Gasteiger partial charge in [0.05, 0.1) is 11.4 Å². The van der Waals surface area contributed by atoms with Crippen molar-refractivity contribution in [1.29, 1.82) is 0 Å². The third-order valence-electron chi connectivity index (χ3n) is 1.90. The summed E-state index contributed by atoms with van der Waals surface area (Å²) in [6.07, 6.45) is 2.78. The number of halogens is 2. The number of rotatable bonds is 3. The van der Waals surface area contributed by atoms with Crippen molar-refractivity contribution in [3.8, 4) is 0 Å². The summed E-state index contributed by atoms with van der Waals surface area (Å²) in [5, 5.41) is -0.267. The number of anilines is 1. The summed E-state index contributed by atoms with van der Waals surface area (Å²) >= 11 is 8.80. The lowest BCUT2D eigenvalue weighted by molar-refractivity contribution is 0.599. The van der Waals surface area contributed by atoms with Crippen LogP contribution in [0.4, 0.5) is 5.82 Å². The van der Waals surface area contributed by atoms with Gasteiger partial charge in [0.25, 0.3) is 0 Å². The summed E-state index contributed by atoms with van der Waals surface area (Å²) < 4.78 is 25.9. The van der Waals surface area contributed by atoms with Crippen molar-refractivity contribution in [3.63, 3.8) is 0 Å². The normalized spacial score (nSPS) is 16.4. The molecular formula is C7H7BrClN3O2S. The smallest absolute Gasteiger partial charge is 0.236 e. The van der Waals surface area contributed by atoms with Crippen LogP contribution in [0.2, 0.25) is 5.15 Å². The molecule has 5 nitrogen and oxygen atoms in total. The lowest BCUT2D eigenvalue weighted by atomic mass is 10.7. The fraction of sp³-hybridized carbons (Fsp3) is 0.429. The van der Waals surface area contributed by atoms with Crippen molar-refractivity contribution in [2.24, 2.45) is 0 Å². The van der Waals surface area contributed by atoms with E-state index >= 15 is 0 Å². The molecule has 1 aliphatic carbocycles. The minimum Gasteiger partial charge on any atom is -0.264 e. The van der Waals surface area contributed by atoms with Gasteiger partial charge in [-0.05, 0) is 28.8 Å². The van der Waals surface area contributed by atoms with E-state index in [2.05, 4.69) is 30.6 Å². The van der Waals surface area contributed by atoms with Crippen molar-refractivity contribution in [2.75, 3.05) is 4.72 Å². The molecule has 1 fully saturated rings. The van der Waals surface area contributed by atoms with Crippen molar-refractivity contribution in [3.05, 3.63) is 16.0 Å². The van der Waals surface area contributed by atoms with E-state index in [0.717, 1.165) is 0 Å². The first kappa shape index (κ1) is 11.1. The molecule has 0 aliphatic heterocycles. The number of nitrogens with one attached hydrogen (secondary N) is 1. The van der Waals surface area contributed by atoms with Crippen LogP contribution >= 0.6 is 27.5 Å². The van der Waals surface area contributed by atoms with Crippen molar-refractivity contribution < 1.29 is 8.42 Å². The quantitative estimate of drug-likeness (QED) is 0.923. The number of hydrogen-bond donors (Lipinski definition) is 1. The highest BCUT2D eigenvalue weighted by atomic mass is 79.9. The molecule has 1 aromatic heterocycles. The zero-order valence-corrected chi connectivity index (χ0v) is 10.6. The standard InChI is InChI=1S/C7H7BrClN3O2S/c8-5-3-10-6(9)7(11-5)12-15(13,14)4-1-2-4/h3-4H,1-2H2,(H,11,12). The molecule has 1 saturated carbocycles. The second-order valence-corrected chi connectivity index (χ2v) is 6.31. The van der Waals surface area contributed by atoms with Gasteiger partial charge in [0.15, 0.2) is 11.0 Å². The Bertz CT molecular complexity index is 489. The van der Waals surface area contributed by atoms with Gasteiger partial charge in [-0.2, -0.15) is 0 Å². The highest BCUT2D eigenvalue weighted by Crippen LogP contribution is 2.30. The van der Waals surface area contributed by atoms with E-state index in [4.69, 9.17) is 11.6 Å². The minimum absolute atomic E-state index is 0.0439. The molecule has 15 heavy (non-hydrogen) atoms. The van der Waals surface area contributed by atoms with E-state index in [9.17, 15) is 8.42 Å². The van der Waals surface area contributed by atoms with Gasteiger partial charge < -0.3 is 0 Å². The molecule has 0 amide bonds. The van der Waals surface area contributed by atoms with Gasteiger partial charge in [-0.15, -0.1) is 0 Å². The van der Waals surface area contributed by atoms with Gasteiger partial charge in [0.2, 0.25) is 10.0 Å². The van der Waals surface area contributed by atoms with Gasteiger partial charge in [0.1, 0.15) is 4.60 Å². The van der Waals surface area contributed by atoms with E-state index in [1.807, 2.05) is 0 Å². The first-order valence-electron chi connectivity index (χ1n) is 4.19. The van der Waals surface area contributed by atoms with Crippen LogP contribution in [-0.4, -0.2) is 23.6 Å². The van der Waals surface area contributed by atoms with E-state index in [1.54, 1.807) is 0 Å². The molecule has 1 heterocycles. The average Bonchev–Trinajstić information content (AvgIpc) is 2.93. The molecule has 0 atom stereocenters. The predicted molar refractivity (Wildman–Crippen MR) is 60.3 cm³/mol. The van der Waals surface area contributed by atoms with Crippen LogP contribution < -0.4 is 4.72 Å². The zero-order chi connectivity index (χ0) is 11.1. The first-order valence-corrected chi connectivity index (χ1v) is 6.90. The maximum atomic E-state index is 11.6. The molecule has 0 unspecified atom stereocenters. The molecule has 0 bridgehead atoms. The Kier molecular flexibility index (Phi) is 2.87. The molecule has 2 rings (SSSR count). The number of hydrogen-bond acceptors (Lipinski definition) is 4. The third kappa shape index (κ3) is 2.59. The Morgan fingerprint density at radius 3 is 2.80 bits per heavy atom. The van der Waals surface area contributed by atoms with Crippen LogP contribution in [0.1, 0.15) is 12.8 Å². The summed E-state index contributed by atoms with van der Waals surface area (Å²) in [6.45, 7) is 0. The van der Waals surface area contributed by atoms with Crippen LogP contribution in [-0.2, 0) is 10.0 Å². The van der Waals surface area contributed by atoms with Gasteiger partial charge in [-0.25, -0.2) is 18.4 Å². The average molecular weight is 313 g/mol. The fourth-order valence-electron chi connectivity index (χ4n) is 1.01. The van der Waals surface area contributed by atoms with Crippen molar-refractivity contribution in [1.82, 2.24) is 9.97 Å². The van der Waals surface area contributed by atoms with Crippen molar-refractivity contribution in [2.45, 2.75) is 18.1 Å². The molecule has 82 valence electrons. The molecule has 8 heteroatoms. The largest absolute Gasteiger partial charge is 0.264 e. The van der Waals surface area contributed by atoms with E-state index < -0.39 is 10.0 Å². The minimum atomic E-state index is -3.34. The molecular weight excluding hydrogens is 306 g/mol. The van der Waals surface area contributed by atoms with Gasteiger partial charge >= 0.3 is 0 Å². The molecule has 1 N–H and O–H groups in total. The molecule has 0 saturated heterocycles. The summed E-state index contributed by atoms with van der Waals surface area (Å²) in [7, 11) is -3.34. The van der Waals surface area contributed by atoms with Crippen LogP contribution in [0.25, 0.3) is 0 Å². The summed E-state index contributed by atoms with van der Waals surface area (Å²) in [5.41, 5.74) is 0. The van der Waals surface area contributed by atoms with Crippen LogP contribution in [0.5, 0.6) is 0 Å². The van der Waals surface area contributed by atoms with E-state index in [1.165, 1.54) is 6.20 Å². The van der Waals surface area contributed by atoms with Crippen LogP contribution in [0, 0.1) is 0 Å². The first-order chi connectivity index (χ1) is 6.99. The zero-order valence-electron chi connectivity index (χ0n) is 7.44. The highest BCUT2D eigenvalue weighted by molar-refractivity contribution is 9.10. The third-order valence-corrected chi connectivity index (χ3v) is 4.39. The summed E-state index contributed by atoms with van der Waals surface area (Å²) in [6, 6.07) is 0. The van der Waals surface area contributed by atoms with Gasteiger partial charge in [-0.1, -0.05) is 11.6 Å². The van der Waals surface area contributed by atoms with E-state index in [0.29, 0.717) is 17.4 Å². The number of aromatic nitrogens is 2. The summed E-state index contributed by atoms with van der Waals surface area (Å²) in [4.78, 5) is 7.67. The summed E-state index contributed by atoms with van der Waals surface area (Å²) in [5.74, 6) is 0.0675. The highest BCUT2D eigenvalue weighted by Gasteiger charge is 2.36. The molecule has 0 aromatic carbocycles. The Morgan fingerprint density at radius 1 is 1.53 bits per heavy atom. The van der Waals surface area contributed by atoms with Gasteiger partial charge in [-0.3, -0.25) is 4.72 Å². The van der Waals surface area contributed by atoms with E-state index in [-0.39, 0.29) is 16.2 Å². The predicted octanol–water partition coefficient (Wildman–Crippen LogP) is 1.80.